The molecule has 2 aromatic rings. The number of pyridine rings is 1. The number of hydrogen-bond acceptors (Lipinski definition) is 4. The summed E-state index contributed by atoms with van der Waals surface area (Å²) in [5, 5.41) is 6.36. The first-order valence-electron chi connectivity index (χ1n) is 4.72. The van der Waals surface area contributed by atoms with Crippen molar-refractivity contribution in [3.8, 4) is 0 Å². The van der Waals surface area contributed by atoms with Crippen LogP contribution in [0.1, 0.15) is 0 Å². The zero-order valence-electron chi connectivity index (χ0n) is 8.87. The number of thiophene rings is 1. The van der Waals surface area contributed by atoms with Crippen molar-refractivity contribution in [3.63, 3.8) is 0 Å². The van der Waals surface area contributed by atoms with Crippen LogP contribution in [0, 0.1) is 0 Å². The maximum atomic E-state index is 9.95. The highest BCUT2D eigenvalue weighted by Crippen LogP contribution is 2.25. The maximum Gasteiger partial charge on any atom is 0.212 e. The Morgan fingerprint density at radius 1 is 0.941 bits per heavy atom. The molecule has 0 aliphatic carbocycles. The normalized spacial score (nSPS) is 8.47. The summed E-state index contributed by atoms with van der Waals surface area (Å²) in [5.74, 6) is 0. The number of aromatic nitrogens is 1. The van der Waals surface area contributed by atoms with Gasteiger partial charge in [-0.25, -0.2) is 0 Å². The minimum Gasteiger partial charge on any atom is -0.320 e. The van der Waals surface area contributed by atoms with Crippen LogP contribution in [0.15, 0.2) is 42.7 Å². The lowest BCUT2D eigenvalue weighted by atomic mass is 10.5. The summed E-state index contributed by atoms with van der Waals surface area (Å²) < 4.78 is 0. The smallest absolute Gasteiger partial charge is 0.212 e. The van der Waals surface area contributed by atoms with E-state index < -0.39 is 0 Å². The van der Waals surface area contributed by atoms with Crippen molar-refractivity contribution in [1.29, 1.82) is 0 Å². The van der Waals surface area contributed by atoms with E-state index in [1.165, 1.54) is 11.3 Å². The Morgan fingerprint density at radius 2 is 1.47 bits per heavy atom. The Kier molecular flexibility index (Phi) is 6.05. The second-order valence-electron chi connectivity index (χ2n) is 2.71. The zero-order valence-corrected chi connectivity index (χ0v) is 9.68. The Morgan fingerprint density at radius 3 is 1.76 bits per heavy atom. The molecule has 0 saturated heterocycles. The van der Waals surface area contributed by atoms with Crippen LogP contribution in [0.5, 0.6) is 0 Å². The van der Waals surface area contributed by atoms with Gasteiger partial charge in [-0.3, -0.25) is 14.6 Å². The van der Waals surface area contributed by atoms with Crippen molar-refractivity contribution in [1.82, 2.24) is 4.98 Å². The summed E-state index contributed by atoms with van der Waals surface area (Å²) in [7, 11) is 0. The predicted octanol–water partition coefficient (Wildman–Crippen LogP) is 1.97. The van der Waals surface area contributed by atoms with Crippen LogP contribution >= 0.6 is 11.3 Å². The maximum absolute atomic E-state index is 9.95. The van der Waals surface area contributed by atoms with Crippen LogP contribution in [-0.2, 0) is 9.59 Å². The predicted molar refractivity (Wildman–Crippen MR) is 67.9 cm³/mol. The van der Waals surface area contributed by atoms with Crippen LogP contribution in [0.25, 0.3) is 0 Å². The summed E-state index contributed by atoms with van der Waals surface area (Å²) in [6, 6.07) is 9.14. The second kappa shape index (κ2) is 8.00. The Hall–Kier alpha value is -2.21. The number of nitrogens with zero attached hydrogens (tertiary/aromatic N) is 1. The van der Waals surface area contributed by atoms with Gasteiger partial charge in [0.25, 0.3) is 0 Å². The largest absolute Gasteiger partial charge is 0.320 e. The van der Waals surface area contributed by atoms with Gasteiger partial charge in [-0.05, 0) is 24.3 Å². The molecule has 0 aliphatic heterocycles. The van der Waals surface area contributed by atoms with E-state index in [9.17, 15) is 9.59 Å². The van der Waals surface area contributed by atoms with Crippen LogP contribution in [0.3, 0.4) is 0 Å². The van der Waals surface area contributed by atoms with Gasteiger partial charge in [0.05, 0.1) is 10.0 Å². The number of amides is 2. The molecule has 0 saturated carbocycles. The van der Waals surface area contributed by atoms with Crippen LogP contribution < -0.4 is 10.6 Å². The van der Waals surface area contributed by atoms with Crippen LogP contribution in [-0.4, -0.2) is 17.8 Å². The minimum absolute atomic E-state index is 0.594. The molecule has 2 heterocycles. The van der Waals surface area contributed by atoms with Crippen molar-refractivity contribution in [2.45, 2.75) is 0 Å². The molecule has 0 radical (unpaired) electrons. The Balaban J connectivity index is 0.000000202. The highest BCUT2D eigenvalue weighted by atomic mass is 32.1. The molecule has 0 aliphatic rings. The lowest BCUT2D eigenvalue weighted by molar-refractivity contribution is -0.106. The summed E-state index contributed by atoms with van der Waals surface area (Å²) in [6.07, 6.45) is 4.69. The fourth-order valence-corrected chi connectivity index (χ4v) is 1.64. The van der Waals surface area contributed by atoms with E-state index in [0.717, 1.165) is 0 Å². The van der Waals surface area contributed by atoms with Gasteiger partial charge in [0.1, 0.15) is 0 Å². The molecule has 0 bridgehead atoms. The number of carbonyl (C=O) groups is 2. The van der Waals surface area contributed by atoms with Crippen molar-refractivity contribution in [3.05, 3.63) is 42.7 Å². The van der Waals surface area contributed by atoms with Crippen LogP contribution in [0.4, 0.5) is 10.0 Å². The molecule has 0 spiro atoms. The minimum atomic E-state index is 0.594. The molecule has 6 heteroatoms. The van der Waals surface area contributed by atoms with E-state index in [1.54, 1.807) is 24.5 Å². The fourth-order valence-electron chi connectivity index (χ4n) is 0.922. The average molecular weight is 249 g/mol. The summed E-state index contributed by atoms with van der Waals surface area (Å²) in [5.41, 5.74) is 0. The summed E-state index contributed by atoms with van der Waals surface area (Å²) >= 11 is 1.30. The van der Waals surface area contributed by atoms with Crippen molar-refractivity contribution in [2.24, 2.45) is 0 Å². The van der Waals surface area contributed by atoms with Gasteiger partial charge in [0.15, 0.2) is 0 Å². The van der Waals surface area contributed by atoms with Gasteiger partial charge < -0.3 is 10.6 Å². The van der Waals surface area contributed by atoms with Crippen molar-refractivity contribution >= 4 is 34.2 Å². The molecular formula is C11H11N3O2S. The quantitative estimate of drug-likeness (QED) is 0.814. The molecule has 0 unspecified atom stereocenters. The van der Waals surface area contributed by atoms with E-state index in [4.69, 9.17) is 0 Å². The molecule has 0 fully saturated rings. The van der Waals surface area contributed by atoms with Gasteiger partial charge in [-0.15, -0.1) is 11.3 Å². The molecule has 2 aromatic heterocycles. The highest BCUT2D eigenvalue weighted by molar-refractivity contribution is 7.20. The molecule has 0 atom stereocenters. The fraction of sp³-hybridized carbons (Fsp3) is 0. The standard InChI is InChI=1S/C6H6N2O2S.C5H5N/c9-3-7-5-1-2-6(11-5)8-4-10;1-2-4-6-5-3-1/h1-4H,(H,7,9)(H,8,10);1-5H. The van der Waals surface area contributed by atoms with E-state index in [1.807, 2.05) is 18.2 Å². The van der Waals surface area contributed by atoms with Crippen molar-refractivity contribution in [2.75, 3.05) is 10.6 Å². The van der Waals surface area contributed by atoms with Crippen LogP contribution in [0.2, 0.25) is 0 Å². The van der Waals surface area contributed by atoms with Gasteiger partial charge in [-0.1, -0.05) is 6.07 Å². The SMILES string of the molecule is O=CNc1ccc(NC=O)s1.c1ccncc1. The van der Waals surface area contributed by atoms with Gasteiger partial charge in [-0.2, -0.15) is 0 Å². The Labute approximate surface area is 103 Å². The summed E-state index contributed by atoms with van der Waals surface area (Å²) in [4.78, 5) is 23.7. The number of carbonyl (C=O) groups excluding carboxylic acids is 2. The molecular weight excluding hydrogens is 238 g/mol. The Bertz CT molecular complexity index is 394. The zero-order chi connectivity index (χ0) is 12.3. The lowest BCUT2D eigenvalue weighted by Crippen LogP contribution is -1.90. The second-order valence-corrected chi connectivity index (χ2v) is 3.80. The van der Waals surface area contributed by atoms with E-state index in [2.05, 4.69) is 15.6 Å². The molecule has 2 N–H and O–H groups in total. The third-order valence-electron chi connectivity index (χ3n) is 1.57. The molecule has 17 heavy (non-hydrogen) atoms. The first-order chi connectivity index (χ1) is 8.36. The molecule has 2 amide bonds. The summed E-state index contributed by atoms with van der Waals surface area (Å²) in [6.45, 7) is 0. The monoisotopic (exact) mass is 249 g/mol. The first kappa shape index (κ1) is 12.9. The molecule has 5 nitrogen and oxygen atoms in total. The van der Waals surface area contributed by atoms with Gasteiger partial charge in [0, 0.05) is 12.4 Å². The third-order valence-corrected chi connectivity index (χ3v) is 2.52. The van der Waals surface area contributed by atoms with E-state index >= 15 is 0 Å². The van der Waals surface area contributed by atoms with E-state index in [0.29, 0.717) is 22.8 Å². The topological polar surface area (TPSA) is 71.1 Å². The van der Waals surface area contributed by atoms with E-state index in [-0.39, 0.29) is 0 Å². The number of rotatable bonds is 4. The lowest BCUT2D eigenvalue weighted by Gasteiger charge is -1.89. The first-order valence-corrected chi connectivity index (χ1v) is 5.53. The van der Waals surface area contributed by atoms with Crippen molar-refractivity contribution < 1.29 is 9.59 Å². The van der Waals surface area contributed by atoms with Gasteiger partial charge >= 0.3 is 0 Å². The average Bonchev–Trinajstić information content (AvgIpc) is 2.81. The number of anilines is 2. The molecule has 0 aromatic carbocycles. The van der Waals surface area contributed by atoms with Gasteiger partial charge in [0.2, 0.25) is 12.8 Å². The molecule has 2 rings (SSSR count). The molecule has 88 valence electrons. The third kappa shape index (κ3) is 5.43. The number of hydrogen-bond donors (Lipinski definition) is 2. The highest BCUT2D eigenvalue weighted by Gasteiger charge is 1.95. The number of nitrogens with one attached hydrogen (secondary N) is 2.